The molecule has 4 heterocycles. The normalized spacial score (nSPS) is 26.4. The second kappa shape index (κ2) is 6.59. The van der Waals surface area contributed by atoms with Gasteiger partial charge in [-0.2, -0.15) is 0 Å². The fourth-order valence-corrected chi connectivity index (χ4v) is 3.81. The van der Waals surface area contributed by atoms with Crippen LogP contribution in [0.4, 0.5) is 0 Å². The summed E-state index contributed by atoms with van der Waals surface area (Å²) in [5, 5.41) is 4.00. The molecule has 0 N–H and O–H groups in total. The average molecular weight is 320 g/mol. The molecule has 7 nitrogen and oxygen atoms in total. The summed E-state index contributed by atoms with van der Waals surface area (Å²) in [6.45, 7) is 7.78. The Morgan fingerprint density at radius 2 is 2.09 bits per heavy atom. The Kier molecular flexibility index (Phi) is 4.33. The van der Waals surface area contributed by atoms with Crippen LogP contribution in [-0.2, 0) is 11.3 Å². The molecular weight excluding hydrogens is 296 g/mol. The van der Waals surface area contributed by atoms with E-state index in [9.17, 15) is 4.79 Å². The van der Waals surface area contributed by atoms with Crippen LogP contribution in [0.1, 0.15) is 29.1 Å². The number of fused-ring (bicyclic) bond motifs is 1. The Balaban J connectivity index is 1.37. The minimum Gasteiger partial charge on any atom is -0.379 e. The van der Waals surface area contributed by atoms with Gasteiger partial charge in [-0.3, -0.25) is 14.6 Å². The van der Waals surface area contributed by atoms with Crippen molar-refractivity contribution in [3.8, 4) is 0 Å². The van der Waals surface area contributed by atoms with Gasteiger partial charge in [-0.15, -0.1) is 0 Å². The average Bonchev–Trinajstić information content (AvgIpc) is 3.23. The number of hydrogen-bond donors (Lipinski definition) is 0. The number of aromatic nitrogens is 1. The fraction of sp³-hybridized carbons (Fsp3) is 0.750. The lowest BCUT2D eigenvalue weighted by atomic mass is 10.1. The van der Waals surface area contributed by atoms with E-state index in [0.717, 1.165) is 51.7 Å². The fourth-order valence-electron chi connectivity index (χ4n) is 3.81. The molecule has 4 rings (SSSR count). The highest BCUT2D eigenvalue weighted by Gasteiger charge is 2.33. The van der Waals surface area contributed by atoms with E-state index >= 15 is 0 Å². The number of nitrogens with zero attached hydrogens (tertiary/aromatic N) is 4. The summed E-state index contributed by atoms with van der Waals surface area (Å²) in [6, 6.07) is 2.34. The van der Waals surface area contributed by atoms with Crippen molar-refractivity contribution in [2.75, 3.05) is 52.5 Å². The number of amides is 1. The van der Waals surface area contributed by atoms with E-state index in [4.69, 9.17) is 9.26 Å². The van der Waals surface area contributed by atoms with Crippen molar-refractivity contribution in [2.45, 2.75) is 25.4 Å². The first-order valence-electron chi connectivity index (χ1n) is 8.58. The molecule has 3 aliphatic heterocycles. The molecule has 7 heteroatoms. The number of morpholine rings is 1. The third kappa shape index (κ3) is 3.27. The van der Waals surface area contributed by atoms with Gasteiger partial charge in [0.15, 0.2) is 11.5 Å². The summed E-state index contributed by atoms with van der Waals surface area (Å²) in [4.78, 5) is 19.3. The predicted molar refractivity (Wildman–Crippen MR) is 83.1 cm³/mol. The van der Waals surface area contributed by atoms with Gasteiger partial charge >= 0.3 is 0 Å². The molecule has 126 valence electrons. The van der Waals surface area contributed by atoms with E-state index in [1.807, 2.05) is 4.90 Å². The third-order valence-electron chi connectivity index (χ3n) is 5.14. The van der Waals surface area contributed by atoms with Gasteiger partial charge in [0.2, 0.25) is 0 Å². The molecule has 0 radical (unpaired) electrons. The maximum absolute atomic E-state index is 12.6. The number of ether oxygens (including phenoxy) is 1. The zero-order valence-electron chi connectivity index (χ0n) is 13.4. The molecular formula is C16H24N4O3. The second-order valence-corrected chi connectivity index (χ2v) is 6.65. The standard InChI is InChI=1S/C16H24N4O3/c21-16(20-5-4-19-3-1-2-13(19)11-20)15-10-14(23-17-15)12-18-6-8-22-9-7-18/h10,13H,1-9,11-12H2. The molecule has 3 fully saturated rings. The first-order chi connectivity index (χ1) is 11.3. The van der Waals surface area contributed by atoms with Gasteiger partial charge in [0.1, 0.15) is 0 Å². The van der Waals surface area contributed by atoms with Crippen LogP contribution in [0, 0.1) is 0 Å². The Labute approximate surface area is 136 Å². The van der Waals surface area contributed by atoms with E-state index in [-0.39, 0.29) is 5.91 Å². The van der Waals surface area contributed by atoms with Crippen LogP contribution < -0.4 is 0 Å². The van der Waals surface area contributed by atoms with Crippen molar-refractivity contribution < 1.29 is 14.1 Å². The molecule has 1 unspecified atom stereocenters. The quantitative estimate of drug-likeness (QED) is 0.805. The lowest BCUT2D eigenvalue weighted by molar-refractivity contribution is 0.0305. The molecule has 1 aromatic rings. The minimum absolute atomic E-state index is 0.00790. The zero-order valence-corrected chi connectivity index (χ0v) is 13.4. The molecule has 1 amide bonds. The van der Waals surface area contributed by atoms with Crippen LogP contribution in [-0.4, -0.2) is 84.3 Å². The van der Waals surface area contributed by atoms with E-state index in [1.54, 1.807) is 6.07 Å². The lowest BCUT2D eigenvalue weighted by Crippen LogP contribution is -2.52. The highest BCUT2D eigenvalue weighted by atomic mass is 16.5. The van der Waals surface area contributed by atoms with Gasteiger partial charge in [-0.25, -0.2) is 0 Å². The van der Waals surface area contributed by atoms with E-state index in [2.05, 4.69) is 15.0 Å². The predicted octanol–water partition coefficient (Wildman–Crippen LogP) is 0.427. The number of carbonyl (C=O) groups is 1. The second-order valence-electron chi connectivity index (χ2n) is 6.65. The summed E-state index contributed by atoms with van der Waals surface area (Å²) in [7, 11) is 0. The smallest absolute Gasteiger partial charge is 0.276 e. The highest BCUT2D eigenvalue weighted by Crippen LogP contribution is 2.22. The van der Waals surface area contributed by atoms with Gasteiger partial charge < -0.3 is 14.2 Å². The summed E-state index contributed by atoms with van der Waals surface area (Å²) in [6.07, 6.45) is 2.45. The third-order valence-corrected chi connectivity index (χ3v) is 5.14. The molecule has 1 atom stereocenters. The number of piperazine rings is 1. The van der Waals surface area contributed by atoms with Crippen LogP contribution in [0.3, 0.4) is 0 Å². The van der Waals surface area contributed by atoms with Crippen molar-refractivity contribution in [3.05, 3.63) is 17.5 Å². The van der Waals surface area contributed by atoms with Crippen LogP contribution in [0.15, 0.2) is 10.6 Å². The van der Waals surface area contributed by atoms with Gasteiger partial charge in [-0.1, -0.05) is 5.16 Å². The van der Waals surface area contributed by atoms with Gasteiger partial charge in [0.25, 0.3) is 5.91 Å². The maximum Gasteiger partial charge on any atom is 0.276 e. The molecule has 0 bridgehead atoms. The van der Waals surface area contributed by atoms with Crippen molar-refractivity contribution >= 4 is 5.91 Å². The van der Waals surface area contributed by atoms with Crippen LogP contribution in [0.2, 0.25) is 0 Å². The van der Waals surface area contributed by atoms with Crippen LogP contribution >= 0.6 is 0 Å². The maximum atomic E-state index is 12.6. The molecule has 0 aromatic carbocycles. The Morgan fingerprint density at radius 3 is 2.96 bits per heavy atom. The minimum atomic E-state index is 0.00790. The molecule has 0 saturated carbocycles. The summed E-state index contributed by atoms with van der Waals surface area (Å²) < 4.78 is 10.7. The van der Waals surface area contributed by atoms with E-state index in [0.29, 0.717) is 18.3 Å². The topological polar surface area (TPSA) is 62.1 Å². The lowest BCUT2D eigenvalue weighted by Gasteiger charge is -2.37. The van der Waals surface area contributed by atoms with Crippen molar-refractivity contribution in [1.82, 2.24) is 19.9 Å². The first-order valence-corrected chi connectivity index (χ1v) is 8.58. The van der Waals surface area contributed by atoms with Crippen molar-refractivity contribution in [1.29, 1.82) is 0 Å². The van der Waals surface area contributed by atoms with Gasteiger partial charge in [0.05, 0.1) is 19.8 Å². The zero-order chi connectivity index (χ0) is 15.6. The van der Waals surface area contributed by atoms with Crippen LogP contribution in [0.5, 0.6) is 0 Å². The SMILES string of the molecule is O=C(c1cc(CN2CCOCC2)on1)N1CCN2CCCC2C1. The molecule has 23 heavy (non-hydrogen) atoms. The van der Waals surface area contributed by atoms with Crippen molar-refractivity contribution in [3.63, 3.8) is 0 Å². The van der Waals surface area contributed by atoms with Gasteiger partial charge in [-0.05, 0) is 19.4 Å². The molecule has 0 aliphatic carbocycles. The summed E-state index contributed by atoms with van der Waals surface area (Å²) in [5.41, 5.74) is 0.444. The van der Waals surface area contributed by atoms with Crippen molar-refractivity contribution in [2.24, 2.45) is 0 Å². The first kappa shape index (κ1) is 15.1. The molecule has 1 aromatic heterocycles. The molecule has 3 aliphatic rings. The molecule has 3 saturated heterocycles. The largest absolute Gasteiger partial charge is 0.379 e. The van der Waals surface area contributed by atoms with E-state index in [1.165, 1.54) is 19.4 Å². The number of carbonyl (C=O) groups excluding carboxylic acids is 1. The monoisotopic (exact) mass is 320 g/mol. The number of rotatable bonds is 3. The Hall–Kier alpha value is -1.44. The Morgan fingerprint density at radius 1 is 1.22 bits per heavy atom. The summed E-state index contributed by atoms with van der Waals surface area (Å²) in [5.74, 6) is 0.767. The van der Waals surface area contributed by atoms with E-state index < -0.39 is 0 Å². The summed E-state index contributed by atoms with van der Waals surface area (Å²) >= 11 is 0. The van der Waals surface area contributed by atoms with Gasteiger partial charge in [0, 0.05) is 44.8 Å². The Bertz CT molecular complexity index is 555. The molecule has 0 spiro atoms. The highest BCUT2D eigenvalue weighted by molar-refractivity contribution is 5.92. The number of hydrogen-bond acceptors (Lipinski definition) is 6. The van der Waals surface area contributed by atoms with Crippen LogP contribution in [0.25, 0.3) is 0 Å².